The van der Waals surface area contributed by atoms with Crippen molar-refractivity contribution in [2.45, 2.75) is 24.3 Å². The minimum atomic E-state index is -0.892. The molecule has 0 spiro atoms. The van der Waals surface area contributed by atoms with Gasteiger partial charge in [-0.3, -0.25) is 14.6 Å². The van der Waals surface area contributed by atoms with Crippen LogP contribution in [0.1, 0.15) is 28.8 Å². The average Bonchev–Trinajstić information content (AvgIpc) is 2.97. The van der Waals surface area contributed by atoms with Gasteiger partial charge in [-0.1, -0.05) is 115 Å². The zero-order valence-corrected chi connectivity index (χ0v) is 21.0. The summed E-state index contributed by atoms with van der Waals surface area (Å²) < 4.78 is 0. The molecular formula is C33H29N3O2. The molecule has 1 heterocycles. The molecule has 0 aliphatic heterocycles. The zero-order valence-electron chi connectivity index (χ0n) is 21.0. The molecule has 5 aromatic rings. The fraction of sp³-hybridized carbons (Fsp3) is 0.121. The number of nitrogens with one attached hydrogen (secondary N) is 1. The van der Waals surface area contributed by atoms with E-state index >= 15 is 0 Å². The number of carbonyl (C=O) groups excluding carboxylic acids is 2. The van der Waals surface area contributed by atoms with Crippen LogP contribution >= 0.6 is 0 Å². The lowest BCUT2D eigenvalue weighted by atomic mass is 9.67. The number of fused-ring (bicyclic) bond motifs is 1. The Balaban J connectivity index is 1.49. The summed E-state index contributed by atoms with van der Waals surface area (Å²) in [5.74, 6) is -0.871. The summed E-state index contributed by atoms with van der Waals surface area (Å²) in [6.45, 7) is 0. The Morgan fingerprint density at radius 2 is 1.18 bits per heavy atom. The van der Waals surface area contributed by atoms with Gasteiger partial charge in [0.1, 0.15) is 6.04 Å². The highest BCUT2D eigenvalue weighted by Crippen LogP contribution is 2.42. The van der Waals surface area contributed by atoms with Crippen LogP contribution in [0.15, 0.2) is 127 Å². The molecule has 4 aromatic carbocycles. The maximum atomic E-state index is 13.8. The molecule has 188 valence electrons. The summed E-state index contributed by atoms with van der Waals surface area (Å²) in [7, 11) is 0. The van der Waals surface area contributed by atoms with E-state index in [9.17, 15) is 9.59 Å². The van der Waals surface area contributed by atoms with Crippen molar-refractivity contribution in [3.8, 4) is 0 Å². The molecule has 5 nitrogen and oxygen atoms in total. The van der Waals surface area contributed by atoms with Crippen molar-refractivity contribution in [2.75, 3.05) is 0 Å². The Labute approximate surface area is 222 Å². The Morgan fingerprint density at radius 3 is 1.71 bits per heavy atom. The molecule has 0 aliphatic carbocycles. The van der Waals surface area contributed by atoms with Crippen LogP contribution < -0.4 is 11.1 Å². The number of pyridine rings is 1. The smallest absolute Gasteiger partial charge is 0.240 e. The highest BCUT2D eigenvalue weighted by Gasteiger charge is 2.39. The first-order valence-corrected chi connectivity index (χ1v) is 12.7. The van der Waals surface area contributed by atoms with Gasteiger partial charge >= 0.3 is 0 Å². The van der Waals surface area contributed by atoms with Gasteiger partial charge in [0.25, 0.3) is 0 Å². The van der Waals surface area contributed by atoms with E-state index in [1.165, 1.54) is 0 Å². The first-order valence-electron chi connectivity index (χ1n) is 12.7. The minimum Gasteiger partial charge on any atom is -0.368 e. The number of amides is 2. The van der Waals surface area contributed by atoms with E-state index in [4.69, 9.17) is 5.73 Å². The molecule has 38 heavy (non-hydrogen) atoms. The van der Waals surface area contributed by atoms with Crippen LogP contribution in [0.25, 0.3) is 10.9 Å². The van der Waals surface area contributed by atoms with Gasteiger partial charge in [-0.05, 0) is 28.8 Å². The van der Waals surface area contributed by atoms with E-state index in [0.29, 0.717) is 5.69 Å². The van der Waals surface area contributed by atoms with E-state index < -0.39 is 17.4 Å². The lowest BCUT2D eigenvalue weighted by Gasteiger charge is -2.36. The molecule has 5 heteroatoms. The number of carbonyl (C=O) groups is 2. The summed E-state index contributed by atoms with van der Waals surface area (Å²) in [6, 6.07) is 40.7. The Hall–Kier alpha value is -4.77. The van der Waals surface area contributed by atoms with Gasteiger partial charge in [-0.25, -0.2) is 0 Å². The third-order valence-corrected chi connectivity index (χ3v) is 6.97. The number of hydrogen-bond acceptors (Lipinski definition) is 3. The van der Waals surface area contributed by atoms with Gasteiger partial charge in [-0.2, -0.15) is 0 Å². The van der Waals surface area contributed by atoms with Crippen LogP contribution in [0.5, 0.6) is 0 Å². The van der Waals surface area contributed by atoms with Crippen LogP contribution in [0.3, 0.4) is 0 Å². The molecule has 1 atom stereocenters. The lowest BCUT2D eigenvalue weighted by Crippen LogP contribution is -2.48. The molecule has 0 aliphatic rings. The van der Waals surface area contributed by atoms with Crippen molar-refractivity contribution in [3.05, 3.63) is 150 Å². The molecule has 0 fully saturated rings. The monoisotopic (exact) mass is 499 g/mol. The zero-order chi connectivity index (χ0) is 26.4. The number of benzene rings is 4. The van der Waals surface area contributed by atoms with Gasteiger partial charge < -0.3 is 11.1 Å². The second-order valence-corrected chi connectivity index (χ2v) is 9.40. The number of para-hydroxylation sites is 1. The van der Waals surface area contributed by atoms with Crippen molar-refractivity contribution < 1.29 is 9.59 Å². The van der Waals surface area contributed by atoms with Gasteiger partial charge in [-0.15, -0.1) is 0 Å². The number of nitrogens with zero attached hydrogens (tertiary/aromatic N) is 1. The fourth-order valence-electron chi connectivity index (χ4n) is 5.11. The molecule has 3 N–H and O–H groups in total. The highest BCUT2D eigenvalue weighted by atomic mass is 16.2. The van der Waals surface area contributed by atoms with E-state index in [1.54, 1.807) is 0 Å². The molecular weight excluding hydrogens is 470 g/mol. The predicted octanol–water partition coefficient (Wildman–Crippen LogP) is 5.17. The van der Waals surface area contributed by atoms with E-state index in [-0.39, 0.29) is 18.7 Å². The number of hydrogen-bond donors (Lipinski definition) is 2. The highest BCUT2D eigenvalue weighted by molar-refractivity contribution is 5.88. The van der Waals surface area contributed by atoms with Crippen LogP contribution in [0, 0.1) is 0 Å². The van der Waals surface area contributed by atoms with E-state index in [2.05, 4.69) is 10.3 Å². The Kier molecular flexibility index (Phi) is 7.27. The molecule has 1 aromatic heterocycles. The van der Waals surface area contributed by atoms with Gasteiger partial charge in [0.05, 0.1) is 10.9 Å². The van der Waals surface area contributed by atoms with Gasteiger partial charge in [0.2, 0.25) is 11.8 Å². The van der Waals surface area contributed by atoms with Crippen molar-refractivity contribution in [3.63, 3.8) is 0 Å². The fourth-order valence-corrected chi connectivity index (χ4v) is 5.11. The van der Waals surface area contributed by atoms with Gasteiger partial charge in [0.15, 0.2) is 0 Å². The van der Waals surface area contributed by atoms with Crippen molar-refractivity contribution in [1.82, 2.24) is 10.3 Å². The van der Waals surface area contributed by atoms with Crippen LogP contribution in [-0.4, -0.2) is 22.8 Å². The minimum absolute atomic E-state index is 0.0972. The van der Waals surface area contributed by atoms with Crippen molar-refractivity contribution in [2.24, 2.45) is 5.73 Å². The van der Waals surface area contributed by atoms with E-state index in [1.807, 2.05) is 127 Å². The standard InChI is InChI=1S/C33H29N3O2/c34-32(38)30(22-28-21-20-24-12-10-11-19-29(24)35-28)36-31(37)23-33(25-13-4-1-5-14-25,26-15-6-2-7-16-26)27-17-8-3-9-18-27/h1-21,30H,22-23H2,(H2,34,38)(H,36,37)/t30-/m0/s1. The summed E-state index contributed by atoms with van der Waals surface area (Å²) in [6.07, 6.45) is 0.306. The van der Waals surface area contributed by atoms with Gasteiger partial charge in [0, 0.05) is 23.9 Å². The summed E-state index contributed by atoms with van der Waals surface area (Å²) in [5.41, 5.74) is 9.47. The lowest BCUT2D eigenvalue weighted by molar-refractivity contribution is -0.127. The summed E-state index contributed by atoms with van der Waals surface area (Å²) >= 11 is 0. The normalized spacial score (nSPS) is 12.1. The summed E-state index contributed by atoms with van der Waals surface area (Å²) in [4.78, 5) is 30.9. The van der Waals surface area contributed by atoms with Crippen molar-refractivity contribution in [1.29, 1.82) is 0 Å². The number of primary amides is 1. The van der Waals surface area contributed by atoms with Crippen LogP contribution in [-0.2, 0) is 21.4 Å². The number of rotatable bonds is 9. The first kappa shape index (κ1) is 24.9. The number of aromatic nitrogens is 1. The average molecular weight is 500 g/mol. The van der Waals surface area contributed by atoms with Crippen molar-refractivity contribution >= 4 is 22.7 Å². The second-order valence-electron chi connectivity index (χ2n) is 9.40. The maximum absolute atomic E-state index is 13.8. The topological polar surface area (TPSA) is 85.1 Å². The van der Waals surface area contributed by atoms with Crippen LogP contribution in [0.4, 0.5) is 0 Å². The van der Waals surface area contributed by atoms with Crippen LogP contribution in [0.2, 0.25) is 0 Å². The largest absolute Gasteiger partial charge is 0.368 e. The second kappa shape index (κ2) is 11.1. The predicted molar refractivity (Wildman–Crippen MR) is 150 cm³/mol. The number of nitrogens with two attached hydrogens (primary N) is 1. The summed E-state index contributed by atoms with van der Waals surface area (Å²) in [5, 5.41) is 3.93. The molecule has 0 unspecified atom stereocenters. The molecule has 0 radical (unpaired) electrons. The quantitative estimate of drug-likeness (QED) is 0.274. The SMILES string of the molecule is NC(=O)[C@H](Cc1ccc2ccccc2n1)NC(=O)CC(c1ccccc1)(c1ccccc1)c1ccccc1. The molecule has 0 saturated heterocycles. The Morgan fingerprint density at radius 1 is 0.684 bits per heavy atom. The molecule has 0 saturated carbocycles. The molecule has 0 bridgehead atoms. The first-order chi connectivity index (χ1) is 18.6. The Bertz CT molecular complexity index is 1440. The third kappa shape index (κ3) is 5.18. The van der Waals surface area contributed by atoms with E-state index in [0.717, 1.165) is 27.6 Å². The third-order valence-electron chi connectivity index (χ3n) is 6.97. The molecule has 5 rings (SSSR count). The maximum Gasteiger partial charge on any atom is 0.240 e. The molecule has 2 amide bonds.